The van der Waals surface area contributed by atoms with E-state index in [1.807, 2.05) is 6.07 Å². The van der Waals surface area contributed by atoms with Gasteiger partial charge in [0, 0.05) is 6.54 Å². The normalized spacial score (nSPS) is 16.4. The quantitative estimate of drug-likeness (QED) is 0.897. The van der Waals surface area contributed by atoms with Gasteiger partial charge < -0.3 is 0 Å². The Morgan fingerprint density at radius 2 is 1.84 bits per heavy atom. The summed E-state index contributed by atoms with van der Waals surface area (Å²) in [6.45, 7) is 0.530. The van der Waals surface area contributed by atoms with Gasteiger partial charge in [0.05, 0.1) is 17.4 Å². The first-order valence-electron chi connectivity index (χ1n) is 6.57. The van der Waals surface area contributed by atoms with Crippen molar-refractivity contribution < 1.29 is 8.42 Å². The van der Waals surface area contributed by atoms with Crippen molar-refractivity contribution in [1.82, 2.24) is 4.72 Å². The molecule has 0 saturated heterocycles. The molecule has 2 rings (SSSR count). The highest BCUT2D eigenvalue weighted by atomic mass is 32.2. The molecule has 1 saturated carbocycles. The average Bonchev–Trinajstić information content (AvgIpc) is 2.91. The first-order chi connectivity index (χ1) is 9.12. The lowest BCUT2D eigenvalue weighted by Gasteiger charge is -2.11. The van der Waals surface area contributed by atoms with Crippen LogP contribution in [-0.2, 0) is 16.4 Å². The van der Waals surface area contributed by atoms with Crippen LogP contribution in [0.1, 0.15) is 31.2 Å². The summed E-state index contributed by atoms with van der Waals surface area (Å²) >= 11 is 0. The summed E-state index contributed by atoms with van der Waals surface area (Å²) in [6.07, 6.45) is 4.94. The van der Waals surface area contributed by atoms with Crippen molar-refractivity contribution in [1.29, 1.82) is 5.26 Å². The molecule has 1 aromatic rings. The zero-order chi connectivity index (χ0) is 13.7. The topological polar surface area (TPSA) is 70.0 Å². The van der Waals surface area contributed by atoms with Gasteiger partial charge in [-0.2, -0.15) is 5.26 Å². The molecule has 0 unspecified atom stereocenters. The van der Waals surface area contributed by atoms with Crippen LogP contribution in [0.3, 0.4) is 0 Å². The van der Waals surface area contributed by atoms with Gasteiger partial charge in [-0.05, 0) is 36.5 Å². The summed E-state index contributed by atoms with van der Waals surface area (Å²) in [7, 11) is -3.41. The zero-order valence-corrected chi connectivity index (χ0v) is 11.6. The largest absolute Gasteiger partial charge is 0.240 e. The summed E-state index contributed by atoms with van der Waals surface area (Å²) in [5, 5.41) is 8.57. The summed E-state index contributed by atoms with van der Waals surface area (Å²) in [5.41, 5.74) is 0.831. The van der Waals surface area contributed by atoms with Crippen LogP contribution in [0.25, 0.3) is 0 Å². The minimum Gasteiger partial charge on any atom is -0.211 e. The van der Waals surface area contributed by atoms with Crippen LogP contribution in [0.2, 0.25) is 0 Å². The number of rotatable bonds is 5. The first-order valence-corrected chi connectivity index (χ1v) is 8.06. The molecule has 1 fully saturated rings. The Morgan fingerprint density at radius 1 is 1.21 bits per heavy atom. The van der Waals surface area contributed by atoms with Gasteiger partial charge in [-0.15, -0.1) is 0 Å². The molecule has 4 nitrogen and oxygen atoms in total. The van der Waals surface area contributed by atoms with Crippen LogP contribution in [0.5, 0.6) is 0 Å². The standard InChI is InChI=1S/C14H18N2O2S/c15-10-9-12-5-7-14(8-6-12)19(17,18)16-11-13-3-1-2-4-13/h5-8,13,16H,1-4,9,11H2. The van der Waals surface area contributed by atoms with Gasteiger partial charge in [-0.1, -0.05) is 25.0 Å². The summed E-state index contributed by atoms with van der Waals surface area (Å²) in [4.78, 5) is 0.271. The van der Waals surface area contributed by atoms with Crippen LogP contribution in [0.4, 0.5) is 0 Å². The molecule has 0 radical (unpaired) electrons. The van der Waals surface area contributed by atoms with Gasteiger partial charge in [-0.3, -0.25) is 0 Å². The number of benzene rings is 1. The molecule has 5 heteroatoms. The number of hydrogen-bond acceptors (Lipinski definition) is 3. The van der Waals surface area contributed by atoms with Crippen LogP contribution >= 0.6 is 0 Å². The maximum absolute atomic E-state index is 12.1. The highest BCUT2D eigenvalue weighted by molar-refractivity contribution is 7.89. The highest BCUT2D eigenvalue weighted by Crippen LogP contribution is 2.24. The van der Waals surface area contributed by atoms with E-state index in [4.69, 9.17) is 5.26 Å². The van der Waals surface area contributed by atoms with E-state index in [-0.39, 0.29) is 4.90 Å². The molecule has 0 bridgehead atoms. The van der Waals surface area contributed by atoms with Gasteiger partial charge in [0.15, 0.2) is 0 Å². The van der Waals surface area contributed by atoms with Crippen molar-refractivity contribution >= 4 is 10.0 Å². The molecule has 0 amide bonds. The van der Waals surface area contributed by atoms with E-state index >= 15 is 0 Å². The lowest BCUT2D eigenvalue weighted by Crippen LogP contribution is -2.28. The van der Waals surface area contributed by atoms with Gasteiger partial charge >= 0.3 is 0 Å². The predicted molar refractivity (Wildman–Crippen MR) is 72.9 cm³/mol. The highest BCUT2D eigenvalue weighted by Gasteiger charge is 2.19. The summed E-state index contributed by atoms with van der Waals surface area (Å²) in [6, 6.07) is 8.53. The van der Waals surface area contributed by atoms with E-state index in [2.05, 4.69) is 4.72 Å². The lowest BCUT2D eigenvalue weighted by molar-refractivity contribution is 0.519. The fraction of sp³-hybridized carbons (Fsp3) is 0.500. The van der Waals surface area contributed by atoms with Crippen LogP contribution in [-0.4, -0.2) is 15.0 Å². The predicted octanol–water partition coefficient (Wildman–Crippen LogP) is 2.22. The second kappa shape index (κ2) is 6.18. The van der Waals surface area contributed by atoms with E-state index in [0.717, 1.165) is 18.4 Å². The molecule has 0 aromatic heterocycles. The fourth-order valence-electron chi connectivity index (χ4n) is 2.40. The molecule has 0 aliphatic heterocycles. The SMILES string of the molecule is N#CCc1ccc(S(=O)(=O)NCC2CCCC2)cc1. The monoisotopic (exact) mass is 278 g/mol. The van der Waals surface area contributed by atoms with Crippen molar-refractivity contribution in [3.05, 3.63) is 29.8 Å². The third-order valence-corrected chi connectivity index (χ3v) is 4.99. The Kier molecular flexibility index (Phi) is 4.56. The summed E-state index contributed by atoms with van der Waals surface area (Å²) in [5.74, 6) is 0.479. The molecule has 1 aliphatic rings. The maximum atomic E-state index is 12.1. The Balaban J connectivity index is 2.00. The lowest BCUT2D eigenvalue weighted by atomic mass is 10.1. The van der Waals surface area contributed by atoms with Gasteiger partial charge in [0.1, 0.15) is 0 Å². The molecular weight excluding hydrogens is 260 g/mol. The Labute approximate surface area is 114 Å². The van der Waals surface area contributed by atoms with E-state index in [0.29, 0.717) is 18.9 Å². The minimum absolute atomic E-state index is 0.271. The maximum Gasteiger partial charge on any atom is 0.240 e. The van der Waals surface area contributed by atoms with E-state index in [1.165, 1.54) is 12.8 Å². The number of sulfonamides is 1. The van der Waals surface area contributed by atoms with Crippen LogP contribution in [0.15, 0.2) is 29.2 Å². The Bertz CT molecular complexity index is 552. The average molecular weight is 278 g/mol. The molecule has 1 N–H and O–H groups in total. The minimum atomic E-state index is -3.41. The third kappa shape index (κ3) is 3.79. The van der Waals surface area contributed by atoms with Crippen molar-refractivity contribution in [3.8, 4) is 6.07 Å². The molecule has 0 spiro atoms. The molecular formula is C14H18N2O2S. The van der Waals surface area contributed by atoms with Gasteiger partial charge in [0.25, 0.3) is 0 Å². The molecule has 0 atom stereocenters. The Hall–Kier alpha value is -1.38. The third-order valence-electron chi connectivity index (χ3n) is 3.55. The molecule has 102 valence electrons. The number of nitriles is 1. The van der Waals surface area contributed by atoms with Crippen molar-refractivity contribution in [3.63, 3.8) is 0 Å². The zero-order valence-electron chi connectivity index (χ0n) is 10.8. The molecule has 0 heterocycles. The van der Waals surface area contributed by atoms with Gasteiger partial charge in [-0.25, -0.2) is 13.1 Å². The second-order valence-electron chi connectivity index (χ2n) is 4.98. The smallest absolute Gasteiger partial charge is 0.211 e. The van der Waals surface area contributed by atoms with Crippen LogP contribution in [0, 0.1) is 17.2 Å². The molecule has 1 aromatic carbocycles. The van der Waals surface area contributed by atoms with E-state index in [9.17, 15) is 8.42 Å². The van der Waals surface area contributed by atoms with Crippen molar-refractivity contribution in [2.45, 2.75) is 37.0 Å². The van der Waals surface area contributed by atoms with Crippen molar-refractivity contribution in [2.75, 3.05) is 6.54 Å². The van der Waals surface area contributed by atoms with E-state index < -0.39 is 10.0 Å². The first kappa shape index (κ1) is 14.0. The molecule has 19 heavy (non-hydrogen) atoms. The number of nitrogens with zero attached hydrogens (tertiary/aromatic N) is 1. The summed E-state index contributed by atoms with van der Waals surface area (Å²) < 4.78 is 26.8. The number of hydrogen-bond donors (Lipinski definition) is 1. The number of nitrogens with one attached hydrogen (secondary N) is 1. The van der Waals surface area contributed by atoms with Gasteiger partial charge in [0.2, 0.25) is 10.0 Å². The van der Waals surface area contributed by atoms with Crippen LogP contribution < -0.4 is 4.72 Å². The fourth-order valence-corrected chi connectivity index (χ4v) is 3.52. The van der Waals surface area contributed by atoms with E-state index in [1.54, 1.807) is 24.3 Å². The second-order valence-corrected chi connectivity index (χ2v) is 6.75. The molecule has 1 aliphatic carbocycles. The van der Waals surface area contributed by atoms with Crippen molar-refractivity contribution in [2.24, 2.45) is 5.92 Å². The Morgan fingerprint density at radius 3 is 2.42 bits per heavy atom.